The molecule has 0 saturated carbocycles. The van der Waals surface area contributed by atoms with Crippen molar-refractivity contribution in [3.05, 3.63) is 29.8 Å². The number of hydrogen-bond acceptors (Lipinski definition) is 4. The van der Waals surface area contributed by atoms with Crippen molar-refractivity contribution in [2.45, 2.75) is 51.2 Å². The minimum Gasteiger partial charge on any atom is -0.376 e. The van der Waals surface area contributed by atoms with E-state index in [9.17, 15) is 4.79 Å². The zero-order valence-electron chi connectivity index (χ0n) is 19.5. The Morgan fingerprint density at radius 1 is 1.10 bits per heavy atom. The van der Waals surface area contributed by atoms with E-state index in [1.807, 2.05) is 7.05 Å². The van der Waals surface area contributed by atoms with Crippen molar-refractivity contribution >= 4 is 17.6 Å². The number of nitrogens with zero attached hydrogens (tertiary/aromatic N) is 4. The van der Waals surface area contributed by atoms with E-state index in [1.54, 1.807) is 19.0 Å². The van der Waals surface area contributed by atoms with Gasteiger partial charge in [-0.1, -0.05) is 12.1 Å². The topological polar surface area (TPSA) is 60.4 Å². The van der Waals surface area contributed by atoms with Gasteiger partial charge in [0.25, 0.3) is 0 Å². The molecule has 7 nitrogen and oxygen atoms in total. The third-order valence-corrected chi connectivity index (χ3v) is 6.06. The van der Waals surface area contributed by atoms with Crippen LogP contribution < -0.4 is 10.2 Å². The number of aliphatic imine (C=N–C) groups is 1. The van der Waals surface area contributed by atoms with Gasteiger partial charge in [-0.3, -0.25) is 4.79 Å². The summed E-state index contributed by atoms with van der Waals surface area (Å²) in [6.45, 7) is 4.73. The number of guanidine groups is 1. The van der Waals surface area contributed by atoms with Gasteiger partial charge in [-0.05, 0) is 56.2 Å². The molecule has 0 bridgehead atoms. The van der Waals surface area contributed by atoms with Crippen molar-refractivity contribution in [2.75, 3.05) is 58.8 Å². The predicted molar refractivity (Wildman–Crippen MR) is 127 cm³/mol. The van der Waals surface area contributed by atoms with Crippen LogP contribution in [0.3, 0.4) is 0 Å². The van der Waals surface area contributed by atoms with Gasteiger partial charge in [0.1, 0.15) is 6.54 Å². The number of rotatable bonds is 7. The molecule has 31 heavy (non-hydrogen) atoms. The Morgan fingerprint density at radius 3 is 2.48 bits per heavy atom. The molecule has 172 valence electrons. The molecule has 2 saturated heterocycles. The van der Waals surface area contributed by atoms with Gasteiger partial charge in [0.05, 0.1) is 6.10 Å². The maximum atomic E-state index is 12.1. The minimum absolute atomic E-state index is 0.00694. The van der Waals surface area contributed by atoms with Crippen LogP contribution in [-0.2, 0) is 16.1 Å². The summed E-state index contributed by atoms with van der Waals surface area (Å²) in [6, 6.07) is 8.86. The van der Waals surface area contributed by atoms with Crippen LogP contribution in [0, 0.1) is 0 Å². The summed E-state index contributed by atoms with van der Waals surface area (Å²) >= 11 is 0. The molecule has 0 spiro atoms. The Balaban J connectivity index is 1.61. The van der Waals surface area contributed by atoms with Crippen molar-refractivity contribution in [3.8, 4) is 0 Å². The lowest BCUT2D eigenvalue weighted by Crippen LogP contribution is -2.43. The number of hydrogen-bond donors (Lipinski definition) is 1. The van der Waals surface area contributed by atoms with Crippen LogP contribution in [0.1, 0.15) is 44.1 Å². The quantitative estimate of drug-likeness (QED) is 0.533. The second-order valence-electron chi connectivity index (χ2n) is 8.87. The van der Waals surface area contributed by atoms with Crippen molar-refractivity contribution in [3.63, 3.8) is 0 Å². The van der Waals surface area contributed by atoms with Gasteiger partial charge in [0.2, 0.25) is 5.91 Å². The summed E-state index contributed by atoms with van der Waals surface area (Å²) in [5, 5.41) is 3.44. The standard InChI is InChI=1S/C24H39N5O2/c1-27(2)23(30)18-26-24(25-17-22-9-5-8-16-31-22)28(3)19-20-10-12-21(13-11-20)29-14-6-4-7-15-29/h10-13,22H,4-9,14-19H2,1-3H3,(H,25,26). The first kappa shape index (κ1) is 23.4. The highest BCUT2D eigenvalue weighted by molar-refractivity contribution is 5.84. The van der Waals surface area contributed by atoms with Gasteiger partial charge in [-0.25, -0.2) is 4.99 Å². The number of carbonyl (C=O) groups excluding carboxylic acids is 1. The number of carbonyl (C=O) groups is 1. The van der Waals surface area contributed by atoms with Crippen LogP contribution >= 0.6 is 0 Å². The minimum atomic E-state index is -0.00694. The summed E-state index contributed by atoms with van der Waals surface area (Å²) in [7, 11) is 5.54. The normalized spacial score (nSPS) is 19.8. The summed E-state index contributed by atoms with van der Waals surface area (Å²) in [5.74, 6) is 0.733. The molecule has 1 aromatic rings. The molecule has 1 aromatic carbocycles. The fourth-order valence-electron chi connectivity index (χ4n) is 4.08. The summed E-state index contributed by atoms with van der Waals surface area (Å²) in [6.07, 6.45) is 7.54. The second kappa shape index (κ2) is 11.9. The van der Waals surface area contributed by atoms with E-state index in [0.717, 1.165) is 45.0 Å². The Kier molecular flexibility index (Phi) is 9.00. The third-order valence-electron chi connectivity index (χ3n) is 6.06. The average molecular weight is 430 g/mol. The lowest BCUT2D eigenvalue weighted by molar-refractivity contribution is -0.127. The van der Waals surface area contributed by atoms with Crippen molar-refractivity contribution in [1.29, 1.82) is 0 Å². The van der Waals surface area contributed by atoms with Crippen molar-refractivity contribution < 1.29 is 9.53 Å². The molecule has 2 fully saturated rings. The molecule has 1 N–H and O–H groups in total. The van der Waals surface area contributed by atoms with Gasteiger partial charge in [-0.2, -0.15) is 0 Å². The first-order valence-electron chi connectivity index (χ1n) is 11.7. The lowest BCUT2D eigenvalue weighted by Gasteiger charge is -2.29. The number of benzene rings is 1. The number of nitrogens with one attached hydrogen (secondary N) is 1. The van der Waals surface area contributed by atoms with Crippen LogP contribution in [0.4, 0.5) is 5.69 Å². The summed E-state index contributed by atoms with van der Waals surface area (Å²) in [5.41, 5.74) is 2.54. The molecule has 1 unspecified atom stereocenters. The molecule has 1 atom stereocenters. The van der Waals surface area contributed by atoms with Crippen molar-refractivity contribution in [2.24, 2.45) is 4.99 Å². The zero-order chi connectivity index (χ0) is 22.1. The largest absolute Gasteiger partial charge is 0.376 e. The molecular formula is C24H39N5O2. The molecule has 0 aliphatic carbocycles. The number of piperidine rings is 1. The number of ether oxygens (including phenoxy) is 1. The van der Waals surface area contributed by atoms with E-state index in [4.69, 9.17) is 4.74 Å². The SMILES string of the molecule is CN(C)C(=O)CN=C(NCC1CCCCO1)N(C)Cc1ccc(N2CCCCC2)cc1. The highest BCUT2D eigenvalue weighted by Gasteiger charge is 2.17. The van der Waals surface area contributed by atoms with Crippen LogP contribution in [0.25, 0.3) is 0 Å². The van der Waals surface area contributed by atoms with E-state index in [1.165, 1.54) is 36.9 Å². The molecule has 0 radical (unpaired) electrons. The Morgan fingerprint density at radius 2 is 1.84 bits per heavy atom. The maximum absolute atomic E-state index is 12.1. The predicted octanol–water partition coefficient (Wildman–Crippen LogP) is 2.71. The third kappa shape index (κ3) is 7.42. The summed E-state index contributed by atoms with van der Waals surface area (Å²) < 4.78 is 5.85. The van der Waals surface area contributed by atoms with Gasteiger partial charge < -0.3 is 24.8 Å². The molecule has 0 aromatic heterocycles. The zero-order valence-corrected chi connectivity index (χ0v) is 19.5. The number of likely N-dealkylation sites (N-methyl/N-ethyl adjacent to an activating group) is 1. The van der Waals surface area contributed by atoms with Crippen LogP contribution in [-0.4, -0.2) is 81.7 Å². The van der Waals surface area contributed by atoms with E-state index < -0.39 is 0 Å². The first-order chi connectivity index (χ1) is 15.0. The van der Waals surface area contributed by atoms with Gasteiger partial charge >= 0.3 is 0 Å². The molecule has 3 rings (SSSR count). The first-order valence-corrected chi connectivity index (χ1v) is 11.7. The molecule has 2 heterocycles. The van der Waals surface area contributed by atoms with Crippen molar-refractivity contribution in [1.82, 2.24) is 15.1 Å². The van der Waals surface area contributed by atoms with E-state index >= 15 is 0 Å². The molecule has 2 aliphatic rings. The highest BCUT2D eigenvalue weighted by atomic mass is 16.5. The Labute approximate surface area is 187 Å². The van der Waals surface area contributed by atoms with Gasteiger partial charge in [-0.15, -0.1) is 0 Å². The fraction of sp³-hybridized carbons (Fsp3) is 0.667. The average Bonchev–Trinajstić information content (AvgIpc) is 2.80. The van der Waals surface area contributed by atoms with E-state index in [0.29, 0.717) is 6.54 Å². The molecule has 2 aliphatic heterocycles. The second-order valence-corrected chi connectivity index (χ2v) is 8.87. The van der Waals surface area contributed by atoms with Gasteiger partial charge in [0, 0.05) is 59.6 Å². The molecular weight excluding hydrogens is 390 g/mol. The maximum Gasteiger partial charge on any atom is 0.243 e. The number of amides is 1. The van der Waals surface area contributed by atoms with E-state index in [-0.39, 0.29) is 18.6 Å². The smallest absolute Gasteiger partial charge is 0.243 e. The Bertz CT molecular complexity index is 707. The Hall–Kier alpha value is -2.28. The molecule has 1 amide bonds. The number of anilines is 1. The van der Waals surface area contributed by atoms with Gasteiger partial charge in [0.15, 0.2) is 5.96 Å². The van der Waals surface area contributed by atoms with E-state index in [2.05, 4.69) is 44.4 Å². The monoisotopic (exact) mass is 429 g/mol. The van der Waals surface area contributed by atoms with Crippen LogP contribution in [0.2, 0.25) is 0 Å². The fourth-order valence-corrected chi connectivity index (χ4v) is 4.08. The summed E-state index contributed by atoms with van der Waals surface area (Å²) in [4.78, 5) is 22.8. The van der Waals surface area contributed by atoms with Crippen LogP contribution in [0.5, 0.6) is 0 Å². The lowest BCUT2D eigenvalue weighted by atomic mass is 10.1. The highest BCUT2D eigenvalue weighted by Crippen LogP contribution is 2.20. The molecule has 7 heteroatoms. The van der Waals surface area contributed by atoms with Crippen LogP contribution in [0.15, 0.2) is 29.3 Å².